The molecule has 0 aliphatic carbocycles. The highest BCUT2D eigenvalue weighted by molar-refractivity contribution is 9.10. The number of esters is 1. The minimum atomic E-state index is -0.656. The first-order chi connectivity index (χ1) is 12.5. The molecule has 0 spiro atoms. The number of nitrogens with zero attached hydrogens (tertiary/aromatic N) is 1. The number of halogens is 2. The van der Waals surface area contributed by atoms with Crippen LogP contribution in [-0.2, 0) is 9.53 Å². The normalized spacial score (nSPS) is 10.4. The van der Waals surface area contributed by atoms with Crippen LogP contribution >= 0.6 is 38.9 Å². The number of carbonyl (C=O) groups is 2. The highest BCUT2D eigenvalue weighted by atomic mass is 79.9. The zero-order valence-electron chi connectivity index (χ0n) is 13.2. The fraction of sp³-hybridized carbons (Fsp3) is 0.0556. The van der Waals surface area contributed by atoms with Gasteiger partial charge in [-0.25, -0.2) is 9.78 Å². The maximum absolute atomic E-state index is 12.1. The average Bonchev–Trinajstić information content (AvgIpc) is 3.12. The van der Waals surface area contributed by atoms with Crippen molar-refractivity contribution in [2.75, 3.05) is 11.9 Å². The summed E-state index contributed by atoms with van der Waals surface area (Å²) in [5, 5.41) is 5.48. The molecule has 3 aromatic rings. The minimum Gasteiger partial charge on any atom is -0.451 e. The number of hydrogen-bond acceptors (Lipinski definition) is 5. The smallest absolute Gasteiger partial charge is 0.358 e. The molecular formula is C18H12BrClN2O3S. The summed E-state index contributed by atoms with van der Waals surface area (Å²) in [6.07, 6.45) is 0. The van der Waals surface area contributed by atoms with Gasteiger partial charge in [0.2, 0.25) is 0 Å². The number of hydrogen-bond donors (Lipinski definition) is 1. The third-order valence-electron chi connectivity index (χ3n) is 3.27. The molecule has 1 N–H and O–H groups in total. The number of anilines is 1. The number of amides is 1. The first-order valence-corrected chi connectivity index (χ1v) is 9.51. The van der Waals surface area contributed by atoms with E-state index in [0.717, 1.165) is 10.0 Å². The van der Waals surface area contributed by atoms with Crippen molar-refractivity contribution in [2.24, 2.45) is 0 Å². The third kappa shape index (κ3) is 4.69. The summed E-state index contributed by atoms with van der Waals surface area (Å²) in [6, 6.07) is 14.3. The van der Waals surface area contributed by atoms with Crippen LogP contribution in [0.15, 0.2) is 58.4 Å². The van der Waals surface area contributed by atoms with Gasteiger partial charge in [0.1, 0.15) is 5.01 Å². The lowest BCUT2D eigenvalue weighted by molar-refractivity contribution is -0.119. The number of ether oxygens (including phenoxy) is 1. The number of benzene rings is 2. The molecule has 26 heavy (non-hydrogen) atoms. The Morgan fingerprint density at radius 3 is 2.77 bits per heavy atom. The van der Waals surface area contributed by atoms with Crippen LogP contribution in [0, 0.1) is 0 Å². The Morgan fingerprint density at radius 2 is 2.00 bits per heavy atom. The SMILES string of the molecule is O=C(COC(=O)c1csc(-c2cccc(Cl)c2)n1)Nc1ccccc1Br. The van der Waals surface area contributed by atoms with Crippen molar-refractivity contribution in [1.29, 1.82) is 0 Å². The molecule has 0 bridgehead atoms. The summed E-state index contributed by atoms with van der Waals surface area (Å²) in [5.41, 5.74) is 1.57. The summed E-state index contributed by atoms with van der Waals surface area (Å²) in [6.45, 7) is -0.399. The van der Waals surface area contributed by atoms with Crippen LogP contribution in [0.1, 0.15) is 10.5 Å². The predicted molar refractivity (Wildman–Crippen MR) is 106 cm³/mol. The van der Waals surface area contributed by atoms with E-state index in [4.69, 9.17) is 16.3 Å². The van der Waals surface area contributed by atoms with E-state index in [-0.39, 0.29) is 5.69 Å². The summed E-state index contributed by atoms with van der Waals surface area (Å²) in [5.74, 6) is -1.09. The van der Waals surface area contributed by atoms with Crippen LogP contribution in [0.25, 0.3) is 10.6 Å². The van der Waals surface area contributed by atoms with Gasteiger partial charge in [-0.2, -0.15) is 0 Å². The molecule has 0 radical (unpaired) electrons. The van der Waals surface area contributed by atoms with Crippen LogP contribution in [0.2, 0.25) is 5.02 Å². The molecule has 2 aromatic carbocycles. The summed E-state index contributed by atoms with van der Waals surface area (Å²) in [4.78, 5) is 28.3. The molecule has 0 atom stereocenters. The van der Waals surface area contributed by atoms with Gasteiger partial charge in [0, 0.05) is 20.4 Å². The highest BCUT2D eigenvalue weighted by Gasteiger charge is 2.15. The second-order valence-electron chi connectivity index (χ2n) is 5.15. The van der Waals surface area contributed by atoms with E-state index >= 15 is 0 Å². The maximum atomic E-state index is 12.1. The molecule has 5 nitrogen and oxygen atoms in total. The topological polar surface area (TPSA) is 68.3 Å². The van der Waals surface area contributed by atoms with Crippen LogP contribution < -0.4 is 5.32 Å². The first kappa shape index (κ1) is 18.6. The largest absolute Gasteiger partial charge is 0.451 e. The summed E-state index contributed by atoms with van der Waals surface area (Å²) in [7, 11) is 0. The van der Waals surface area contributed by atoms with E-state index in [0.29, 0.717) is 15.7 Å². The molecular weight excluding hydrogens is 440 g/mol. The van der Waals surface area contributed by atoms with Gasteiger partial charge >= 0.3 is 5.97 Å². The standard InChI is InChI=1S/C18H12BrClN2O3S/c19-13-6-1-2-7-14(13)21-16(23)9-25-18(24)15-10-26-17(22-15)11-4-3-5-12(20)8-11/h1-8,10H,9H2,(H,21,23). The molecule has 0 unspecified atom stereocenters. The molecule has 0 aliphatic rings. The Labute approximate surface area is 167 Å². The Kier molecular flexibility index (Phi) is 6.03. The Hall–Kier alpha value is -2.22. The van der Waals surface area contributed by atoms with Gasteiger partial charge < -0.3 is 10.1 Å². The van der Waals surface area contributed by atoms with Crippen LogP contribution in [0.4, 0.5) is 5.69 Å². The van der Waals surface area contributed by atoms with Crippen molar-refractivity contribution >= 4 is 56.4 Å². The van der Waals surface area contributed by atoms with Crippen LogP contribution in [-0.4, -0.2) is 23.5 Å². The van der Waals surface area contributed by atoms with Gasteiger partial charge in [-0.3, -0.25) is 4.79 Å². The second kappa shape index (κ2) is 8.44. The van der Waals surface area contributed by atoms with E-state index in [1.54, 1.807) is 35.7 Å². The second-order valence-corrected chi connectivity index (χ2v) is 7.30. The lowest BCUT2D eigenvalue weighted by Gasteiger charge is -2.07. The molecule has 8 heteroatoms. The number of nitrogens with one attached hydrogen (secondary N) is 1. The van der Waals surface area contributed by atoms with Crippen molar-refractivity contribution in [1.82, 2.24) is 4.98 Å². The molecule has 0 fully saturated rings. The number of carbonyl (C=O) groups excluding carboxylic acids is 2. The third-order valence-corrected chi connectivity index (χ3v) is 5.09. The van der Waals surface area contributed by atoms with Crippen molar-refractivity contribution < 1.29 is 14.3 Å². The van der Waals surface area contributed by atoms with Gasteiger partial charge in [-0.1, -0.05) is 35.9 Å². The Morgan fingerprint density at radius 1 is 1.19 bits per heavy atom. The van der Waals surface area contributed by atoms with Crippen molar-refractivity contribution in [3.05, 3.63) is 69.1 Å². The highest BCUT2D eigenvalue weighted by Crippen LogP contribution is 2.26. The van der Waals surface area contributed by atoms with E-state index < -0.39 is 18.5 Å². The monoisotopic (exact) mass is 450 g/mol. The summed E-state index contributed by atoms with van der Waals surface area (Å²) >= 11 is 10.6. The Bertz CT molecular complexity index is 961. The molecule has 1 aromatic heterocycles. The number of rotatable bonds is 5. The zero-order chi connectivity index (χ0) is 18.5. The molecule has 0 saturated carbocycles. The van der Waals surface area contributed by atoms with Gasteiger partial charge in [0.05, 0.1) is 5.69 Å². The lowest BCUT2D eigenvalue weighted by atomic mass is 10.2. The molecule has 1 heterocycles. The number of aromatic nitrogens is 1. The molecule has 0 aliphatic heterocycles. The van der Waals surface area contributed by atoms with Gasteiger partial charge in [0.15, 0.2) is 12.3 Å². The zero-order valence-corrected chi connectivity index (χ0v) is 16.4. The predicted octanol–water partition coefficient (Wildman–Crippen LogP) is 5.02. The molecule has 1 amide bonds. The minimum absolute atomic E-state index is 0.152. The maximum Gasteiger partial charge on any atom is 0.358 e. The van der Waals surface area contributed by atoms with Gasteiger partial charge in [0.25, 0.3) is 5.91 Å². The van der Waals surface area contributed by atoms with E-state index in [2.05, 4.69) is 26.2 Å². The lowest BCUT2D eigenvalue weighted by Crippen LogP contribution is -2.21. The number of thiazole rings is 1. The fourth-order valence-corrected chi connectivity index (χ4v) is 3.44. The summed E-state index contributed by atoms with van der Waals surface area (Å²) < 4.78 is 5.77. The average molecular weight is 452 g/mol. The molecule has 3 rings (SSSR count). The van der Waals surface area contributed by atoms with E-state index in [1.807, 2.05) is 18.2 Å². The first-order valence-electron chi connectivity index (χ1n) is 7.46. The van der Waals surface area contributed by atoms with Crippen molar-refractivity contribution in [3.8, 4) is 10.6 Å². The molecule has 132 valence electrons. The van der Waals surface area contributed by atoms with E-state index in [1.165, 1.54) is 11.3 Å². The van der Waals surface area contributed by atoms with Crippen molar-refractivity contribution in [3.63, 3.8) is 0 Å². The van der Waals surface area contributed by atoms with Crippen LogP contribution in [0.5, 0.6) is 0 Å². The molecule has 0 saturated heterocycles. The fourth-order valence-electron chi connectivity index (χ4n) is 2.08. The van der Waals surface area contributed by atoms with Crippen LogP contribution in [0.3, 0.4) is 0 Å². The number of para-hydroxylation sites is 1. The Balaban J connectivity index is 1.59. The van der Waals surface area contributed by atoms with E-state index in [9.17, 15) is 9.59 Å². The quantitative estimate of drug-likeness (QED) is 0.553. The van der Waals surface area contributed by atoms with Gasteiger partial charge in [-0.05, 0) is 40.2 Å². The van der Waals surface area contributed by atoms with Gasteiger partial charge in [-0.15, -0.1) is 11.3 Å². The van der Waals surface area contributed by atoms with Crippen molar-refractivity contribution in [2.45, 2.75) is 0 Å².